The number of hydrogen-bond donors (Lipinski definition) is 0. The largest absolute Gasteiger partial charge is 0.473 e. The zero-order chi connectivity index (χ0) is 26.1. The summed E-state index contributed by atoms with van der Waals surface area (Å²) in [6.45, 7) is 6.72. The summed E-state index contributed by atoms with van der Waals surface area (Å²) in [7, 11) is 2.79. The number of hydrogen-bond acceptors (Lipinski definition) is 7. The lowest BCUT2D eigenvalue weighted by molar-refractivity contribution is -0.0591. The van der Waals surface area contributed by atoms with Gasteiger partial charge in [0.15, 0.2) is 6.29 Å². The van der Waals surface area contributed by atoms with Crippen LogP contribution in [0.4, 0.5) is 0 Å². The second-order valence-corrected chi connectivity index (χ2v) is 11.6. The Morgan fingerprint density at radius 1 is 1.24 bits per heavy atom. The number of thiophene rings is 1. The van der Waals surface area contributed by atoms with E-state index in [-0.39, 0.29) is 6.10 Å². The van der Waals surface area contributed by atoms with Gasteiger partial charge in [0.1, 0.15) is 17.3 Å². The minimum atomic E-state index is 0.229. The minimum Gasteiger partial charge on any atom is -0.473 e. The molecular weight excluding hydrogens is 515 g/mol. The third-order valence-electron chi connectivity index (χ3n) is 7.23. The van der Waals surface area contributed by atoms with Crippen molar-refractivity contribution in [2.24, 2.45) is 0 Å². The molecule has 9 heteroatoms. The molecule has 0 saturated carbocycles. The van der Waals surface area contributed by atoms with Gasteiger partial charge < -0.3 is 14.0 Å². The topological polar surface area (TPSA) is 69.5 Å². The van der Waals surface area contributed by atoms with Gasteiger partial charge in [0.2, 0.25) is 5.88 Å². The molecular formula is C29H31N4O3PS. The van der Waals surface area contributed by atoms with E-state index in [9.17, 15) is 4.79 Å². The molecule has 0 aliphatic carbocycles. The van der Waals surface area contributed by atoms with Gasteiger partial charge in [0.25, 0.3) is 0 Å². The fraction of sp³-hybridized carbons (Fsp3) is 0.345. The van der Waals surface area contributed by atoms with Crippen molar-refractivity contribution < 1.29 is 14.3 Å². The highest BCUT2D eigenvalue weighted by molar-refractivity contribution is 7.27. The highest BCUT2D eigenvalue weighted by Crippen LogP contribution is 2.29. The highest BCUT2D eigenvalue weighted by Gasteiger charge is 2.24. The van der Waals surface area contributed by atoms with Crippen molar-refractivity contribution in [1.29, 1.82) is 0 Å². The van der Waals surface area contributed by atoms with Crippen molar-refractivity contribution in [3.8, 4) is 5.88 Å². The zero-order valence-corrected chi connectivity index (χ0v) is 23.4. The second kappa shape index (κ2) is 11.1. The number of pyridine rings is 1. The smallest absolute Gasteiger partial charge is 0.214 e. The Morgan fingerprint density at radius 2 is 2.13 bits per heavy atom. The Kier molecular flexibility index (Phi) is 7.39. The number of carbonyl (C=O) groups is 1. The second-order valence-electron chi connectivity index (χ2n) is 9.94. The van der Waals surface area contributed by atoms with E-state index in [4.69, 9.17) is 19.4 Å². The van der Waals surface area contributed by atoms with E-state index in [1.165, 1.54) is 22.5 Å². The van der Waals surface area contributed by atoms with Gasteiger partial charge in [-0.3, -0.25) is 9.69 Å². The van der Waals surface area contributed by atoms with Crippen LogP contribution >= 0.6 is 20.6 Å². The van der Waals surface area contributed by atoms with E-state index < -0.39 is 0 Å². The van der Waals surface area contributed by atoms with Gasteiger partial charge in [0, 0.05) is 25.8 Å². The van der Waals surface area contributed by atoms with Crippen molar-refractivity contribution >= 4 is 48.1 Å². The summed E-state index contributed by atoms with van der Waals surface area (Å²) in [5, 5.41) is 1.15. The first-order chi connectivity index (χ1) is 18.6. The summed E-state index contributed by atoms with van der Waals surface area (Å²) < 4.78 is 14.0. The standard InChI is InChI=1S/C29H31N4O3PS/c1-19-5-6-21(26(37)13-19)18-36-28-4-2-3-24(30-28)20-7-10-32(11-8-20)16-27-31-29-25(14-23(17-34)38-29)33(27)15-22-9-12-35-22/h2-7,13-14,17,22H,8-12,15-16,18,37H2,1H3. The van der Waals surface area contributed by atoms with Crippen molar-refractivity contribution in [3.05, 3.63) is 76.1 Å². The molecule has 0 amide bonds. The van der Waals surface area contributed by atoms with Gasteiger partial charge in [-0.2, -0.15) is 0 Å². The maximum Gasteiger partial charge on any atom is 0.214 e. The maximum atomic E-state index is 11.3. The Labute approximate surface area is 228 Å². The Bertz CT molecular complexity index is 1510. The van der Waals surface area contributed by atoms with Crippen molar-refractivity contribution in [2.75, 3.05) is 19.7 Å². The lowest BCUT2D eigenvalue weighted by Crippen LogP contribution is -2.33. The van der Waals surface area contributed by atoms with Gasteiger partial charge in [-0.25, -0.2) is 9.97 Å². The van der Waals surface area contributed by atoms with Crippen LogP contribution in [0.5, 0.6) is 5.88 Å². The van der Waals surface area contributed by atoms with Crippen LogP contribution in [0, 0.1) is 6.92 Å². The lowest BCUT2D eigenvalue weighted by atomic mass is 10.0. The molecule has 0 radical (unpaired) electrons. The summed E-state index contributed by atoms with van der Waals surface area (Å²) in [5.74, 6) is 1.68. The lowest BCUT2D eigenvalue weighted by Gasteiger charge is -2.29. The third-order valence-corrected chi connectivity index (χ3v) is 8.71. The molecule has 7 nitrogen and oxygen atoms in total. The fourth-order valence-electron chi connectivity index (χ4n) is 4.95. The first kappa shape index (κ1) is 25.4. The predicted octanol–water partition coefficient (Wildman–Crippen LogP) is 4.77. The van der Waals surface area contributed by atoms with Crippen LogP contribution in [-0.2, 0) is 24.4 Å². The number of aromatic nitrogens is 3. The molecule has 196 valence electrons. The fourth-order valence-corrected chi connectivity index (χ4v) is 6.26. The van der Waals surface area contributed by atoms with Crippen molar-refractivity contribution in [1.82, 2.24) is 19.4 Å². The van der Waals surface area contributed by atoms with Crippen LogP contribution < -0.4 is 10.0 Å². The van der Waals surface area contributed by atoms with Gasteiger partial charge in [0.05, 0.1) is 35.3 Å². The quantitative estimate of drug-likeness (QED) is 0.223. The Hall–Kier alpha value is -2.90. The average Bonchev–Trinajstić information content (AvgIpc) is 3.44. The molecule has 4 aromatic rings. The SMILES string of the molecule is Cc1ccc(COc2cccc(C3=CCN(Cc4nc5sc(C=O)cc5n4CC4CCO4)CC3)n2)c(P)c1. The van der Waals surface area contributed by atoms with Crippen LogP contribution in [0.3, 0.4) is 0 Å². The van der Waals surface area contributed by atoms with Gasteiger partial charge in [-0.05, 0) is 48.3 Å². The van der Waals surface area contributed by atoms with E-state index in [0.29, 0.717) is 12.5 Å². The minimum absolute atomic E-state index is 0.229. The zero-order valence-electron chi connectivity index (χ0n) is 21.4. The number of nitrogens with zero attached hydrogens (tertiary/aromatic N) is 4. The predicted molar refractivity (Wildman–Crippen MR) is 154 cm³/mol. The molecule has 3 aromatic heterocycles. The van der Waals surface area contributed by atoms with Gasteiger partial charge in [-0.15, -0.1) is 20.6 Å². The third kappa shape index (κ3) is 5.45. The van der Waals surface area contributed by atoms with Gasteiger partial charge in [-0.1, -0.05) is 35.9 Å². The molecule has 2 unspecified atom stereocenters. The monoisotopic (exact) mass is 546 g/mol. The summed E-state index contributed by atoms with van der Waals surface area (Å²) in [6, 6.07) is 14.3. The normalized spacial score (nSPS) is 17.8. The van der Waals surface area contributed by atoms with Crippen LogP contribution in [-0.4, -0.2) is 51.5 Å². The molecule has 2 aliphatic rings. The van der Waals surface area contributed by atoms with E-state index in [1.807, 2.05) is 18.2 Å². The van der Waals surface area contributed by atoms with E-state index in [2.05, 4.69) is 56.0 Å². The molecule has 1 fully saturated rings. The summed E-state index contributed by atoms with van der Waals surface area (Å²) in [4.78, 5) is 25.0. The van der Waals surface area contributed by atoms with Gasteiger partial charge >= 0.3 is 0 Å². The van der Waals surface area contributed by atoms with Crippen LogP contribution in [0.2, 0.25) is 0 Å². The van der Waals surface area contributed by atoms with Crippen LogP contribution in [0.1, 0.15) is 45.2 Å². The molecule has 6 rings (SSSR count). The Morgan fingerprint density at radius 3 is 2.87 bits per heavy atom. The molecule has 38 heavy (non-hydrogen) atoms. The number of imidazole rings is 1. The van der Waals surface area contributed by atoms with Crippen LogP contribution in [0.25, 0.3) is 15.9 Å². The molecule has 2 atom stereocenters. The van der Waals surface area contributed by atoms with Crippen LogP contribution in [0.15, 0.2) is 48.5 Å². The van der Waals surface area contributed by atoms with E-state index in [1.54, 1.807) is 0 Å². The first-order valence-electron chi connectivity index (χ1n) is 13.0. The summed E-state index contributed by atoms with van der Waals surface area (Å²) >= 11 is 1.46. The average molecular weight is 547 g/mol. The first-order valence-corrected chi connectivity index (χ1v) is 14.4. The number of aldehydes is 1. The molecule has 1 saturated heterocycles. The summed E-state index contributed by atoms with van der Waals surface area (Å²) in [6.07, 6.45) is 5.39. The molecule has 0 bridgehead atoms. The number of aryl methyl sites for hydroxylation is 1. The molecule has 2 aliphatic heterocycles. The molecule has 5 heterocycles. The Balaban J connectivity index is 1.12. The molecule has 0 spiro atoms. The number of carbonyl (C=O) groups excluding carboxylic acids is 1. The molecule has 0 N–H and O–H groups in total. The molecule has 1 aromatic carbocycles. The highest BCUT2D eigenvalue weighted by atomic mass is 32.1. The van der Waals surface area contributed by atoms with Crippen molar-refractivity contribution in [2.45, 2.75) is 45.6 Å². The van der Waals surface area contributed by atoms with Crippen molar-refractivity contribution in [3.63, 3.8) is 0 Å². The van der Waals surface area contributed by atoms with E-state index in [0.717, 1.165) is 89.5 Å². The maximum absolute atomic E-state index is 11.3. The number of fused-ring (bicyclic) bond motifs is 1. The number of benzene rings is 1. The number of rotatable bonds is 9. The van der Waals surface area contributed by atoms with E-state index >= 15 is 0 Å². The summed E-state index contributed by atoms with van der Waals surface area (Å²) in [5.41, 5.74) is 5.64. The number of ether oxygens (including phenoxy) is 2.